The molecule has 0 aliphatic rings. The Bertz CT molecular complexity index is 1360. The molecule has 6 nitrogen and oxygen atoms in total. The molecule has 4 aromatic rings. The van der Waals surface area contributed by atoms with E-state index < -0.39 is 9.84 Å². The van der Waals surface area contributed by atoms with Crippen LogP contribution < -0.4 is 10.9 Å². The molecule has 0 amide bonds. The summed E-state index contributed by atoms with van der Waals surface area (Å²) < 4.78 is 26.0. The van der Waals surface area contributed by atoms with E-state index in [1.165, 1.54) is 24.3 Å². The van der Waals surface area contributed by atoms with Crippen molar-refractivity contribution in [3.05, 3.63) is 118 Å². The molecule has 0 fully saturated rings. The van der Waals surface area contributed by atoms with Crippen molar-refractivity contribution in [2.45, 2.75) is 9.79 Å². The molecule has 0 spiro atoms. The highest BCUT2D eigenvalue weighted by Gasteiger charge is 2.17. The SMILES string of the molecule is O=S(=O)(c1ccc(N/N=C\c2ccccc2Cl)cc1)c1ccc(N/N=C/c2ccccc2Cl)cc1. The van der Waals surface area contributed by atoms with Crippen LogP contribution >= 0.6 is 23.2 Å². The molecule has 0 aliphatic heterocycles. The van der Waals surface area contributed by atoms with Gasteiger partial charge in [-0.2, -0.15) is 10.2 Å². The molecule has 0 aliphatic carbocycles. The number of anilines is 2. The molecule has 0 unspecified atom stereocenters. The van der Waals surface area contributed by atoms with Gasteiger partial charge in [0.25, 0.3) is 0 Å². The van der Waals surface area contributed by atoms with Crippen molar-refractivity contribution >= 4 is 56.8 Å². The van der Waals surface area contributed by atoms with Gasteiger partial charge in [0.15, 0.2) is 0 Å². The zero-order valence-corrected chi connectivity index (χ0v) is 20.6. The summed E-state index contributed by atoms with van der Waals surface area (Å²) in [5.41, 5.74) is 8.56. The Morgan fingerprint density at radius 2 is 0.943 bits per heavy atom. The summed E-state index contributed by atoms with van der Waals surface area (Å²) in [7, 11) is -3.68. The lowest BCUT2D eigenvalue weighted by molar-refractivity contribution is 0.596. The molecule has 4 rings (SSSR count). The van der Waals surface area contributed by atoms with Gasteiger partial charge < -0.3 is 0 Å². The lowest BCUT2D eigenvalue weighted by Gasteiger charge is -2.07. The summed E-state index contributed by atoms with van der Waals surface area (Å²) in [6.45, 7) is 0. The molecule has 0 saturated heterocycles. The minimum Gasteiger partial charge on any atom is -0.279 e. The molecule has 9 heteroatoms. The van der Waals surface area contributed by atoms with Gasteiger partial charge in [-0.1, -0.05) is 59.6 Å². The van der Waals surface area contributed by atoms with Gasteiger partial charge in [0, 0.05) is 21.2 Å². The smallest absolute Gasteiger partial charge is 0.206 e. The van der Waals surface area contributed by atoms with Crippen molar-refractivity contribution < 1.29 is 8.42 Å². The van der Waals surface area contributed by atoms with Crippen LogP contribution in [0.2, 0.25) is 10.0 Å². The van der Waals surface area contributed by atoms with Crippen LogP contribution in [0.5, 0.6) is 0 Å². The number of benzene rings is 4. The Balaban J connectivity index is 1.39. The van der Waals surface area contributed by atoms with Crippen LogP contribution in [0.25, 0.3) is 0 Å². The number of nitrogens with one attached hydrogen (secondary N) is 2. The maximum Gasteiger partial charge on any atom is 0.206 e. The molecule has 4 aromatic carbocycles. The van der Waals surface area contributed by atoms with Crippen LogP contribution in [0.4, 0.5) is 11.4 Å². The first kappa shape index (κ1) is 24.5. The zero-order chi connectivity index (χ0) is 24.7. The van der Waals surface area contributed by atoms with Gasteiger partial charge in [0.05, 0.1) is 33.6 Å². The van der Waals surface area contributed by atoms with E-state index in [4.69, 9.17) is 23.2 Å². The number of halogens is 2. The second-order valence-corrected chi connectivity index (χ2v) is 10.1. The average molecular weight is 523 g/mol. The molecule has 176 valence electrons. The van der Waals surface area contributed by atoms with Gasteiger partial charge in [-0.05, 0) is 60.7 Å². The molecule has 0 bridgehead atoms. The van der Waals surface area contributed by atoms with E-state index in [0.717, 1.165) is 11.1 Å². The number of hydrazone groups is 2. The minimum atomic E-state index is -3.68. The first-order valence-electron chi connectivity index (χ1n) is 10.5. The third-order valence-electron chi connectivity index (χ3n) is 4.93. The quantitative estimate of drug-likeness (QED) is 0.199. The highest BCUT2D eigenvalue weighted by molar-refractivity contribution is 7.91. The van der Waals surface area contributed by atoms with E-state index in [1.807, 2.05) is 36.4 Å². The van der Waals surface area contributed by atoms with Gasteiger partial charge in [0.2, 0.25) is 9.84 Å². The molecular weight excluding hydrogens is 503 g/mol. The van der Waals surface area contributed by atoms with E-state index in [-0.39, 0.29) is 9.79 Å². The van der Waals surface area contributed by atoms with Crippen molar-refractivity contribution in [2.24, 2.45) is 10.2 Å². The predicted octanol–water partition coefficient (Wildman–Crippen LogP) is 6.72. The highest BCUT2D eigenvalue weighted by Crippen LogP contribution is 2.24. The highest BCUT2D eigenvalue weighted by atomic mass is 35.5. The summed E-state index contributed by atoms with van der Waals surface area (Å²) in [4.78, 5) is 0.353. The number of hydrogen-bond donors (Lipinski definition) is 2. The first-order valence-corrected chi connectivity index (χ1v) is 12.7. The lowest BCUT2D eigenvalue weighted by Crippen LogP contribution is -2.02. The second-order valence-electron chi connectivity index (χ2n) is 7.34. The molecular formula is C26H20Cl2N4O2S. The first-order chi connectivity index (χ1) is 16.9. The van der Waals surface area contributed by atoms with Crippen molar-refractivity contribution in [1.82, 2.24) is 0 Å². The number of hydrogen-bond acceptors (Lipinski definition) is 6. The van der Waals surface area contributed by atoms with E-state index in [9.17, 15) is 8.42 Å². The number of sulfone groups is 1. The molecule has 35 heavy (non-hydrogen) atoms. The predicted molar refractivity (Wildman–Crippen MR) is 144 cm³/mol. The van der Waals surface area contributed by atoms with Crippen molar-refractivity contribution in [3.8, 4) is 0 Å². The van der Waals surface area contributed by atoms with E-state index in [0.29, 0.717) is 21.4 Å². The maximum atomic E-state index is 13.0. The summed E-state index contributed by atoms with van der Waals surface area (Å²) in [6.07, 6.45) is 3.20. The molecule has 0 radical (unpaired) electrons. The maximum absolute atomic E-state index is 13.0. The summed E-state index contributed by atoms with van der Waals surface area (Å²) in [5, 5.41) is 9.47. The normalized spacial score (nSPS) is 11.7. The second kappa shape index (κ2) is 11.2. The monoisotopic (exact) mass is 522 g/mol. The van der Waals surface area contributed by atoms with Crippen LogP contribution in [0.15, 0.2) is 117 Å². The molecule has 0 saturated carbocycles. The molecule has 0 atom stereocenters. The minimum absolute atomic E-state index is 0.176. The fraction of sp³-hybridized carbons (Fsp3) is 0. The van der Waals surface area contributed by atoms with Gasteiger partial charge in [-0.15, -0.1) is 0 Å². The Morgan fingerprint density at radius 1 is 0.571 bits per heavy atom. The topological polar surface area (TPSA) is 82.9 Å². The van der Waals surface area contributed by atoms with Crippen molar-refractivity contribution in [3.63, 3.8) is 0 Å². The van der Waals surface area contributed by atoms with Gasteiger partial charge >= 0.3 is 0 Å². The van der Waals surface area contributed by atoms with Gasteiger partial charge in [0.1, 0.15) is 0 Å². The van der Waals surface area contributed by atoms with Crippen LogP contribution in [-0.2, 0) is 9.84 Å². The summed E-state index contributed by atoms with van der Waals surface area (Å²) in [6, 6.07) is 27.4. The van der Waals surface area contributed by atoms with Crippen LogP contribution in [-0.4, -0.2) is 20.8 Å². The Labute approximate surface area is 213 Å². The standard InChI is InChI=1S/C26H20Cl2N4O2S/c27-25-7-3-1-5-19(25)17-29-31-21-9-13-23(14-10-21)35(33,34)24-15-11-22(12-16-24)32-30-18-20-6-2-4-8-26(20)28/h1-18,31-32H/b29-17-,30-18+. The number of nitrogens with zero attached hydrogens (tertiary/aromatic N) is 2. The third-order valence-corrected chi connectivity index (χ3v) is 7.41. The van der Waals surface area contributed by atoms with E-state index in [2.05, 4.69) is 21.1 Å². The molecule has 0 aromatic heterocycles. The van der Waals surface area contributed by atoms with Crippen LogP contribution in [0.3, 0.4) is 0 Å². The third kappa shape index (κ3) is 6.27. The number of rotatable bonds is 8. The fourth-order valence-corrected chi connectivity index (χ4v) is 4.70. The fourth-order valence-electron chi connectivity index (χ4n) is 3.07. The van der Waals surface area contributed by atoms with Crippen molar-refractivity contribution in [1.29, 1.82) is 0 Å². The Kier molecular flexibility index (Phi) is 7.82. The van der Waals surface area contributed by atoms with Gasteiger partial charge in [-0.25, -0.2) is 8.42 Å². The van der Waals surface area contributed by atoms with Gasteiger partial charge in [-0.3, -0.25) is 10.9 Å². The average Bonchev–Trinajstić information content (AvgIpc) is 2.87. The Hall–Kier alpha value is -3.65. The van der Waals surface area contributed by atoms with Crippen molar-refractivity contribution in [2.75, 3.05) is 10.9 Å². The van der Waals surface area contributed by atoms with E-state index in [1.54, 1.807) is 48.8 Å². The largest absolute Gasteiger partial charge is 0.279 e. The van der Waals surface area contributed by atoms with Crippen LogP contribution in [0, 0.1) is 0 Å². The zero-order valence-electron chi connectivity index (χ0n) is 18.3. The van der Waals surface area contributed by atoms with Crippen LogP contribution in [0.1, 0.15) is 11.1 Å². The summed E-state index contributed by atoms with van der Waals surface area (Å²) >= 11 is 12.2. The molecule has 2 N–H and O–H groups in total. The van der Waals surface area contributed by atoms with E-state index >= 15 is 0 Å². The Morgan fingerprint density at radius 3 is 1.31 bits per heavy atom. The summed E-state index contributed by atoms with van der Waals surface area (Å²) in [5.74, 6) is 0. The lowest BCUT2D eigenvalue weighted by atomic mass is 10.2. The molecule has 0 heterocycles.